The number of carbonyl (C=O) groups is 2. The lowest BCUT2D eigenvalue weighted by Gasteiger charge is -2.36. The minimum atomic E-state index is -0.636. The zero-order chi connectivity index (χ0) is 15.0. The summed E-state index contributed by atoms with van der Waals surface area (Å²) in [5.74, 6) is 0.0786. The topological polar surface area (TPSA) is 86.9 Å². The smallest absolute Gasteiger partial charge is 0.253 e. The Balaban J connectivity index is 0.00000176. The van der Waals surface area contributed by atoms with Gasteiger partial charge in [-0.25, -0.2) is 0 Å². The van der Waals surface area contributed by atoms with Gasteiger partial charge in [-0.3, -0.25) is 9.59 Å². The molecule has 0 atom stereocenters. The maximum absolute atomic E-state index is 12.3. The van der Waals surface area contributed by atoms with Crippen molar-refractivity contribution in [1.82, 2.24) is 9.80 Å². The van der Waals surface area contributed by atoms with Gasteiger partial charge in [0.15, 0.2) is 0 Å². The van der Waals surface area contributed by atoms with Crippen LogP contribution in [0.3, 0.4) is 0 Å². The molecule has 1 saturated heterocycles. The lowest BCUT2D eigenvalue weighted by Crippen LogP contribution is -2.55. The highest BCUT2D eigenvalue weighted by Crippen LogP contribution is 2.34. The Morgan fingerprint density at radius 2 is 1.50 bits per heavy atom. The number of benzene rings is 1. The van der Waals surface area contributed by atoms with Crippen LogP contribution in [0.4, 0.5) is 0 Å². The van der Waals surface area contributed by atoms with Gasteiger partial charge in [0.05, 0.1) is 5.54 Å². The number of hydrogen-bond donors (Lipinski definition) is 2. The highest BCUT2D eigenvalue weighted by atomic mass is 35.5. The predicted octanol–water partition coefficient (Wildman–Crippen LogP) is 0.590. The highest BCUT2D eigenvalue weighted by Gasteiger charge is 2.48. The normalized spacial score (nSPS) is 19.3. The molecule has 1 aliphatic carbocycles. The first kappa shape index (κ1) is 16.6. The fourth-order valence-corrected chi connectivity index (χ4v) is 2.56. The van der Waals surface area contributed by atoms with Crippen LogP contribution in [0.25, 0.3) is 0 Å². The Kier molecular flexibility index (Phi) is 4.63. The molecule has 0 radical (unpaired) electrons. The summed E-state index contributed by atoms with van der Waals surface area (Å²) in [4.78, 5) is 27.9. The van der Waals surface area contributed by atoms with Crippen molar-refractivity contribution in [3.8, 4) is 5.75 Å². The summed E-state index contributed by atoms with van der Waals surface area (Å²) in [5.41, 5.74) is 5.84. The molecule has 2 amide bonds. The molecule has 0 unspecified atom stereocenters. The molecule has 0 bridgehead atoms. The number of aromatic hydroxyl groups is 1. The minimum Gasteiger partial charge on any atom is -0.508 e. The van der Waals surface area contributed by atoms with Crippen molar-refractivity contribution in [1.29, 1.82) is 0 Å². The van der Waals surface area contributed by atoms with E-state index in [0.29, 0.717) is 31.7 Å². The van der Waals surface area contributed by atoms with E-state index in [0.717, 1.165) is 12.8 Å². The van der Waals surface area contributed by atoms with Crippen molar-refractivity contribution < 1.29 is 14.7 Å². The molecule has 6 nitrogen and oxygen atoms in total. The summed E-state index contributed by atoms with van der Waals surface area (Å²) in [5, 5.41) is 9.25. The lowest BCUT2D eigenvalue weighted by molar-refractivity contribution is -0.135. The molecule has 1 aromatic rings. The second kappa shape index (κ2) is 6.14. The quantitative estimate of drug-likeness (QED) is 0.833. The standard InChI is InChI=1S/C15H19N3O3.ClH/c16-15(5-6-15)14(21)18-9-7-17(8-10-18)13(20)11-1-3-12(19)4-2-11;/h1-4,19H,5-10,16H2;1H. The van der Waals surface area contributed by atoms with Gasteiger partial charge in [0.1, 0.15) is 5.75 Å². The Morgan fingerprint density at radius 3 is 2.00 bits per heavy atom. The second-order valence-corrected chi connectivity index (χ2v) is 5.79. The summed E-state index contributed by atoms with van der Waals surface area (Å²) in [6.07, 6.45) is 1.52. The van der Waals surface area contributed by atoms with Gasteiger partial charge in [-0.05, 0) is 37.1 Å². The van der Waals surface area contributed by atoms with Gasteiger partial charge in [0, 0.05) is 31.7 Å². The third kappa shape index (κ3) is 3.18. The minimum absolute atomic E-state index is 0. The molecular weight excluding hydrogens is 306 g/mol. The van der Waals surface area contributed by atoms with Crippen LogP contribution < -0.4 is 5.73 Å². The van der Waals surface area contributed by atoms with Crippen LogP contribution in [0.2, 0.25) is 0 Å². The lowest BCUT2D eigenvalue weighted by atomic mass is 10.1. The summed E-state index contributed by atoms with van der Waals surface area (Å²) in [6.45, 7) is 2.09. The molecule has 0 spiro atoms. The molecular formula is C15H20ClN3O3. The molecule has 1 aromatic carbocycles. The maximum Gasteiger partial charge on any atom is 0.253 e. The summed E-state index contributed by atoms with van der Waals surface area (Å²) in [7, 11) is 0. The SMILES string of the molecule is Cl.NC1(C(=O)N2CCN(C(=O)c3ccc(O)cc3)CC2)CC1. The van der Waals surface area contributed by atoms with E-state index in [4.69, 9.17) is 5.73 Å². The largest absolute Gasteiger partial charge is 0.508 e. The molecule has 3 N–H and O–H groups in total. The molecule has 2 aliphatic rings. The van der Waals surface area contributed by atoms with Crippen molar-refractivity contribution in [2.24, 2.45) is 5.73 Å². The third-order valence-corrected chi connectivity index (χ3v) is 4.18. The number of rotatable bonds is 2. The monoisotopic (exact) mass is 325 g/mol. The number of amides is 2. The Morgan fingerprint density at radius 1 is 1.00 bits per heavy atom. The summed E-state index contributed by atoms with van der Waals surface area (Å²) in [6, 6.07) is 6.21. The average Bonchev–Trinajstić information content (AvgIpc) is 3.26. The number of piperazine rings is 1. The first-order chi connectivity index (χ1) is 9.99. The number of carbonyl (C=O) groups excluding carboxylic acids is 2. The van der Waals surface area contributed by atoms with Gasteiger partial charge < -0.3 is 20.6 Å². The van der Waals surface area contributed by atoms with Crippen LogP contribution in [0.15, 0.2) is 24.3 Å². The van der Waals surface area contributed by atoms with Gasteiger partial charge >= 0.3 is 0 Å². The fourth-order valence-electron chi connectivity index (χ4n) is 2.56. The van der Waals surface area contributed by atoms with Gasteiger partial charge in [-0.2, -0.15) is 0 Å². The zero-order valence-corrected chi connectivity index (χ0v) is 13.0. The van der Waals surface area contributed by atoms with Crippen LogP contribution in [0.5, 0.6) is 5.75 Å². The number of phenols is 1. The van der Waals surface area contributed by atoms with Gasteiger partial charge in [0.2, 0.25) is 5.91 Å². The summed E-state index contributed by atoms with van der Waals surface area (Å²) < 4.78 is 0. The number of hydrogen-bond acceptors (Lipinski definition) is 4. The number of phenolic OH excluding ortho intramolecular Hbond substituents is 1. The molecule has 0 aromatic heterocycles. The maximum atomic E-state index is 12.3. The van der Waals surface area contributed by atoms with E-state index in [2.05, 4.69) is 0 Å². The van der Waals surface area contributed by atoms with Crippen LogP contribution in [0.1, 0.15) is 23.2 Å². The first-order valence-electron chi connectivity index (χ1n) is 7.16. The molecule has 120 valence electrons. The van der Waals surface area contributed by atoms with Gasteiger partial charge in [-0.1, -0.05) is 0 Å². The van der Waals surface area contributed by atoms with Gasteiger partial charge in [0.25, 0.3) is 5.91 Å². The Labute approximate surface area is 135 Å². The van der Waals surface area contributed by atoms with E-state index in [1.807, 2.05) is 0 Å². The Bertz CT molecular complexity index is 564. The molecule has 3 rings (SSSR count). The Hall–Kier alpha value is -1.79. The fraction of sp³-hybridized carbons (Fsp3) is 0.467. The first-order valence-corrected chi connectivity index (χ1v) is 7.16. The second-order valence-electron chi connectivity index (χ2n) is 5.79. The molecule has 7 heteroatoms. The third-order valence-electron chi connectivity index (χ3n) is 4.18. The van der Waals surface area contributed by atoms with E-state index in [9.17, 15) is 14.7 Å². The van der Waals surface area contributed by atoms with E-state index in [1.165, 1.54) is 12.1 Å². The molecule has 1 heterocycles. The highest BCUT2D eigenvalue weighted by molar-refractivity contribution is 5.94. The zero-order valence-electron chi connectivity index (χ0n) is 12.2. The van der Waals surface area contributed by atoms with Crippen molar-refractivity contribution >= 4 is 24.2 Å². The number of nitrogens with two attached hydrogens (primary N) is 1. The predicted molar refractivity (Wildman–Crippen MR) is 84.0 cm³/mol. The molecule has 2 fully saturated rings. The molecule has 1 saturated carbocycles. The molecule has 1 aliphatic heterocycles. The van der Waals surface area contributed by atoms with Crippen molar-refractivity contribution in [2.75, 3.05) is 26.2 Å². The summed E-state index contributed by atoms with van der Waals surface area (Å²) >= 11 is 0. The van der Waals surface area contributed by atoms with Crippen LogP contribution in [-0.4, -0.2) is 58.4 Å². The van der Waals surface area contributed by atoms with Crippen molar-refractivity contribution in [3.63, 3.8) is 0 Å². The van der Waals surface area contributed by atoms with E-state index < -0.39 is 5.54 Å². The van der Waals surface area contributed by atoms with Crippen molar-refractivity contribution in [2.45, 2.75) is 18.4 Å². The number of nitrogens with zero attached hydrogens (tertiary/aromatic N) is 2. The van der Waals surface area contributed by atoms with E-state index in [-0.39, 0.29) is 30.0 Å². The van der Waals surface area contributed by atoms with Gasteiger partial charge in [-0.15, -0.1) is 12.4 Å². The van der Waals surface area contributed by atoms with Crippen molar-refractivity contribution in [3.05, 3.63) is 29.8 Å². The van der Waals surface area contributed by atoms with Crippen LogP contribution >= 0.6 is 12.4 Å². The average molecular weight is 326 g/mol. The van der Waals surface area contributed by atoms with E-state index in [1.54, 1.807) is 21.9 Å². The number of halogens is 1. The van der Waals surface area contributed by atoms with Crippen LogP contribution in [0, 0.1) is 0 Å². The van der Waals surface area contributed by atoms with E-state index >= 15 is 0 Å². The van der Waals surface area contributed by atoms with Crippen LogP contribution in [-0.2, 0) is 4.79 Å². The molecule has 22 heavy (non-hydrogen) atoms.